The van der Waals surface area contributed by atoms with Gasteiger partial charge in [-0.05, 0) is 38.8 Å². The lowest BCUT2D eigenvalue weighted by atomic mass is 9.99. The van der Waals surface area contributed by atoms with Gasteiger partial charge in [0.25, 0.3) is 0 Å². The van der Waals surface area contributed by atoms with E-state index in [0.29, 0.717) is 30.0 Å². The van der Waals surface area contributed by atoms with Crippen LogP contribution >= 0.6 is 0 Å². The molecule has 0 bridgehead atoms. The molecule has 170 valence electrons. The average molecular weight is 417 g/mol. The van der Waals surface area contributed by atoms with E-state index in [1.54, 1.807) is 0 Å². The molecule has 2 unspecified atom stereocenters. The standard InChI is InChI=1S/C12H21N3.C10H17N3.C2H6/c1-9(2)12-8-15-11(5-6-13-15)7-14(12)10(3)4;1-8(2)10-6-13-7-11-4-9(13)5-12(10)3;1-2/h5-6,9-10,12H,7-8H2,1-4H3;4,7-8,10H,5-6H2,1-3H3;1-2H3. The first kappa shape index (κ1) is 24.6. The number of fused-ring (bicyclic) bond motifs is 2. The van der Waals surface area contributed by atoms with Gasteiger partial charge in [-0.3, -0.25) is 14.5 Å². The topological polar surface area (TPSA) is 42.1 Å². The first-order valence-corrected chi connectivity index (χ1v) is 11.7. The fourth-order valence-corrected chi connectivity index (χ4v) is 4.48. The summed E-state index contributed by atoms with van der Waals surface area (Å²) in [6.07, 6.45) is 5.82. The van der Waals surface area contributed by atoms with Crippen molar-refractivity contribution in [3.05, 3.63) is 36.2 Å². The molecule has 30 heavy (non-hydrogen) atoms. The molecule has 0 N–H and O–H groups in total. The third kappa shape index (κ3) is 5.73. The molecule has 0 fully saturated rings. The number of likely N-dealkylation sites (N-methyl/N-ethyl adjacent to an activating group) is 1. The van der Waals surface area contributed by atoms with E-state index in [1.807, 2.05) is 32.6 Å². The van der Waals surface area contributed by atoms with Crippen molar-refractivity contribution in [2.24, 2.45) is 11.8 Å². The molecule has 2 aliphatic rings. The Hall–Kier alpha value is -1.66. The summed E-state index contributed by atoms with van der Waals surface area (Å²) in [5, 5.41) is 4.37. The summed E-state index contributed by atoms with van der Waals surface area (Å²) in [7, 11) is 2.20. The SMILES string of the molecule is CC.CC(C)C1Cn2cncc2CN1C.CC(C)C1Cn2nccc2CN1C(C)C. The Morgan fingerprint density at radius 1 is 0.900 bits per heavy atom. The Balaban J connectivity index is 0.000000199. The lowest BCUT2D eigenvalue weighted by molar-refractivity contribution is 0.0676. The molecule has 2 aromatic rings. The van der Waals surface area contributed by atoms with Crippen molar-refractivity contribution < 1.29 is 0 Å². The van der Waals surface area contributed by atoms with Crippen LogP contribution in [0.5, 0.6) is 0 Å². The molecule has 4 rings (SSSR count). The predicted molar refractivity (Wildman–Crippen MR) is 125 cm³/mol. The second-order valence-corrected chi connectivity index (χ2v) is 9.35. The molecule has 0 saturated carbocycles. The molecule has 2 aliphatic heterocycles. The summed E-state index contributed by atoms with van der Waals surface area (Å²) >= 11 is 0. The molecule has 2 atom stereocenters. The summed E-state index contributed by atoms with van der Waals surface area (Å²) in [4.78, 5) is 9.17. The van der Waals surface area contributed by atoms with Crippen molar-refractivity contribution in [3.8, 4) is 0 Å². The molecule has 0 spiro atoms. The minimum Gasteiger partial charge on any atom is -0.332 e. The van der Waals surface area contributed by atoms with Gasteiger partial charge in [0.1, 0.15) is 0 Å². The van der Waals surface area contributed by atoms with E-state index < -0.39 is 0 Å². The fraction of sp³-hybridized carbons (Fsp3) is 0.750. The van der Waals surface area contributed by atoms with Gasteiger partial charge in [-0.15, -0.1) is 0 Å². The van der Waals surface area contributed by atoms with Crippen LogP contribution in [-0.4, -0.2) is 54.3 Å². The van der Waals surface area contributed by atoms with Crippen molar-refractivity contribution in [2.75, 3.05) is 7.05 Å². The maximum absolute atomic E-state index is 4.37. The summed E-state index contributed by atoms with van der Waals surface area (Å²) in [6.45, 7) is 21.9. The molecule has 0 aromatic carbocycles. The number of hydrogen-bond acceptors (Lipinski definition) is 4. The van der Waals surface area contributed by atoms with Gasteiger partial charge in [0, 0.05) is 50.2 Å². The predicted octanol–water partition coefficient (Wildman–Crippen LogP) is 4.51. The van der Waals surface area contributed by atoms with Crippen LogP contribution in [0.1, 0.15) is 66.8 Å². The van der Waals surface area contributed by atoms with Crippen molar-refractivity contribution in [1.29, 1.82) is 0 Å². The molecule has 0 aliphatic carbocycles. The third-order valence-corrected chi connectivity index (χ3v) is 6.30. The summed E-state index contributed by atoms with van der Waals surface area (Å²) in [6, 6.07) is 4.02. The van der Waals surface area contributed by atoms with Gasteiger partial charge in [0.15, 0.2) is 0 Å². The third-order valence-electron chi connectivity index (χ3n) is 6.30. The maximum atomic E-state index is 4.37. The van der Waals surface area contributed by atoms with E-state index in [0.717, 1.165) is 26.2 Å². The number of aromatic nitrogens is 4. The number of hydrogen-bond donors (Lipinski definition) is 0. The van der Waals surface area contributed by atoms with Gasteiger partial charge in [-0.2, -0.15) is 5.10 Å². The van der Waals surface area contributed by atoms with Gasteiger partial charge in [-0.25, -0.2) is 4.98 Å². The van der Waals surface area contributed by atoms with Crippen LogP contribution in [0.3, 0.4) is 0 Å². The number of rotatable bonds is 3. The lowest BCUT2D eigenvalue weighted by Crippen LogP contribution is -2.49. The van der Waals surface area contributed by atoms with Gasteiger partial charge in [0.05, 0.1) is 24.3 Å². The van der Waals surface area contributed by atoms with Crippen LogP contribution in [0, 0.1) is 11.8 Å². The van der Waals surface area contributed by atoms with E-state index in [1.165, 1.54) is 11.4 Å². The number of nitrogens with zero attached hydrogens (tertiary/aromatic N) is 6. The summed E-state index contributed by atoms with van der Waals surface area (Å²) in [5.74, 6) is 1.39. The van der Waals surface area contributed by atoms with Crippen molar-refractivity contribution in [2.45, 2.75) is 99.7 Å². The Labute approximate surface area is 184 Å². The summed E-state index contributed by atoms with van der Waals surface area (Å²) < 4.78 is 4.42. The average Bonchev–Trinajstić information content (AvgIpc) is 3.36. The van der Waals surface area contributed by atoms with E-state index >= 15 is 0 Å². The zero-order valence-electron chi connectivity index (χ0n) is 20.7. The second kappa shape index (κ2) is 11.1. The fourth-order valence-electron chi connectivity index (χ4n) is 4.48. The van der Waals surface area contributed by atoms with Crippen LogP contribution in [0.2, 0.25) is 0 Å². The smallest absolute Gasteiger partial charge is 0.0949 e. The number of imidazole rings is 1. The lowest BCUT2D eigenvalue weighted by Gasteiger charge is -2.41. The minimum absolute atomic E-state index is 0.612. The van der Waals surface area contributed by atoms with E-state index in [4.69, 9.17) is 0 Å². The highest BCUT2D eigenvalue weighted by Gasteiger charge is 2.30. The first-order chi connectivity index (χ1) is 14.3. The van der Waals surface area contributed by atoms with Crippen LogP contribution in [0.15, 0.2) is 24.8 Å². The quantitative estimate of drug-likeness (QED) is 0.738. The Bertz CT molecular complexity index is 714. The molecular formula is C24H44N6. The van der Waals surface area contributed by atoms with Gasteiger partial charge < -0.3 is 4.57 Å². The second-order valence-electron chi connectivity index (χ2n) is 9.35. The monoisotopic (exact) mass is 416 g/mol. The van der Waals surface area contributed by atoms with E-state index in [2.05, 4.69) is 83.8 Å². The van der Waals surface area contributed by atoms with Crippen molar-refractivity contribution in [1.82, 2.24) is 29.1 Å². The molecular weight excluding hydrogens is 372 g/mol. The minimum atomic E-state index is 0.612. The molecule has 0 radical (unpaired) electrons. The van der Waals surface area contributed by atoms with E-state index in [-0.39, 0.29) is 0 Å². The highest BCUT2D eigenvalue weighted by atomic mass is 15.4. The van der Waals surface area contributed by atoms with Crippen LogP contribution in [0.25, 0.3) is 0 Å². The van der Waals surface area contributed by atoms with Gasteiger partial charge >= 0.3 is 0 Å². The van der Waals surface area contributed by atoms with Gasteiger partial charge in [-0.1, -0.05) is 41.5 Å². The molecule has 4 heterocycles. The first-order valence-electron chi connectivity index (χ1n) is 11.7. The molecule has 6 heteroatoms. The molecule has 0 saturated heterocycles. The van der Waals surface area contributed by atoms with Crippen LogP contribution in [0.4, 0.5) is 0 Å². The zero-order valence-corrected chi connectivity index (χ0v) is 20.7. The highest BCUT2D eigenvalue weighted by molar-refractivity contribution is 5.05. The Morgan fingerprint density at radius 3 is 2.17 bits per heavy atom. The Kier molecular flexibility index (Phi) is 9.10. The summed E-state index contributed by atoms with van der Waals surface area (Å²) in [5.41, 5.74) is 2.68. The highest BCUT2D eigenvalue weighted by Crippen LogP contribution is 2.24. The maximum Gasteiger partial charge on any atom is 0.0949 e. The molecule has 2 aromatic heterocycles. The largest absolute Gasteiger partial charge is 0.332 e. The van der Waals surface area contributed by atoms with Crippen molar-refractivity contribution in [3.63, 3.8) is 0 Å². The molecule has 6 nitrogen and oxygen atoms in total. The van der Waals surface area contributed by atoms with E-state index in [9.17, 15) is 0 Å². The van der Waals surface area contributed by atoms with Crippen LogP contribution < -0.4 is 0 Å². The molecule has 0 amide bonds. The van der Waals surface area contributed by atoms with Crippen LogP contribution in [-0.2, 0) is 26.2 Å². The Morgan fingerprint density at radius 2 is 1.57 bits per heavy atom. The van der Waals surface area contributed by atoms with Crippen molar-refractivity contribution >= 4 is 0 Å². The van der Waals surface area contributed by atoms with Gasteiger partial charge in [0.2, 0.25) is 0 Å². The normalized spacial score (nSPS) is 21.6. The zero-order chi connectivity index (χ0) is 22.4.